The van der Waals surface area contributed by atoms with E-state index in [0.717, 1.165) is 15.6 Å². The van der Waals surface area contributed by atoms with Crippen molar-refractivity contribution in [1.29, 1.82) is 0 Å². The Morgan fingerprint density at radius 1 is 1.08 bits per heavy atom. The molecule has 2 rings (SSSR count). The Kier molecular flexibility index (Phi) is 6.84. The van der Waals surface area contributed by atoms with Gasteiger partial charge in [-0.3, -0.25) is 9.59 Å². The van der Waals surface area contributed by atoms with Crippen LogP contribution >= 0.6 is 27.5 Å². The SMILES string of the molecule is Cc1cc(Br)ccc1NC(=O)CNC(=O)COc1ccc(Cl)cc1C. The molecule has 0 aromatic heterocycles. The van der Waals surface area contributed by atoms with E-state index < -0.39 is 0 Å². The molecule has 0 atom stereocenters. The van der Waals surface area contributed by atoms with Crippen molar-refractivity contribution in [2.24, 2.45) is 0 Å². The third-order valence-electron chi connectivity index (χ3n) is 3.40. The molecule has 0 spiro atoms. The lowest BCUT2D eigenvalue weighted by molar-refractivity contribution is -0.125. The fourth-order valence-corrected chi connectivity index (χ4v) is 2.81. The minimum Gasteiger partial charge on any atom is -0.484 e. The Balaban J connectivity index is 1.78. The van der Waals surface area contributed by atoms with Gasteiger partial charge in [-0.1, -0.05) is 27.5 Å². The fraction of sp³-hybridized carbons (Fsp3) is 0.222. The van der Waals surface area contributed by atoms with Crippen molar-refractivity contribution >= 4 is 45.0 Å². The summed E-state index contributed by atoms with van der Waals surface area (Å²) < 4.78 is 6.36. The summed E-state index contributed by atoms with van der Waals surface area (Å²) in [5.74, 6) is -0.104. The van der Waals surface area contributed by atoms with Crippen molar-refractivity contribution in [1.82, 2.24) is 5.32 Å². The number of hydrogen-bond donors (Lipinski definition) is 2. The van der Waals surface area contributed by atoms with Gasteiger partial charge in [0.2, 0.25) is 5.91 Å². The van der Waals surface area contributed by atoms with Crippen LogP contribution in [0.2, 0.25) is 5.02 Å². The summed E-state index contributed by atoms with van der Waals surface area (Å²) in [6.07, 6.45) is 0. The first-order valence-corrected chi connectivity index (χ1v) is 8.74. The van der Waals surface area contributed by atoms with Gasteiger partial charge in [0.15, 0.2) is 6.61 Å². The molecule has 0 unspecified atom stereocenters. The maximum Gasteiger partial charge on any atom is 0.258 e. The summed E-state index contributed by atoms with van der Waals surface area (Å²) in [5, 5.41) is 5.88. The van der Waals surface area contributed by atoms with Gasteiger partial charge in [-0.05, 0) is 61.4 Å². The van der Waals surface area contributed by atoms with Gasteiger partial charge in [-0.25, -0.2) is 0 Å². The molecule has 0 aliphatic heterocycles. The second kappa shape index (κ2) is 8.87. The molecule has 0 aliphatic rings. The molecular formula is C18H18BrClN2O3. The van der Waals surface area contributed by atoms with Crippen LogP contribution in [0.25, 0.3) is 0 Å². The van der Waals surface area contributed by atoms with Crippen LogP contribution in [-0.4, -0.2) is 25.0 Å². The van der Waals surface area contributed by atoms with Crippen molar-refractivity contribution in [3.05, 3.63) is 57.0 Å². The number of halogens is 2. The van der Waals surface area contributed by atoms with E-state index in [1.54, 1.807) is 24.3 Å². The first kappa shape index (κ1) is 19.3. The smallest absolute Gasteiger partial charge is 0.258 e. The highest BCUT2D eigenvalue weighted by atomic mass is 79.9. The summed E-state index contributed by atoms with van der Waals surface area (Å²) in [7, 11) is 0. The Morgan fingerprint density at radius 3 is 2.52 bits per heavy atom. The van der Waals surface area contributed by atoms with Crippen LogP contribution < -0.4 is 15.4 Å². The van der Waals surface area contributed by atoms with Crippen LogP contribution in [0.5, 0.6) is 5.75 Å². The van der Waals surface area contributed by atoms with Crippen LogP contribution in [0.15, 0.2) is 40.9 Å². The molecular weight excluding hydrogens is 408 g/mol. The molecule has 0 fully saturated rings. The predicted octanol–water partition coefficient (Wildman–Crippen LogP) is 3.85. The van der Waals surface area contributed by atoms with E-state index in [1.807, 2.05) is 26.0 Å². The number of anilines is 1. The fourth-order valence-electron chi connectivity index (χ4n) is 2.11. The van der Waals surface area contributed by atoms with Crippen LogP contribution in [0.4, 0.5) is 5.69 Å². The van der Waals surface area contributed by atoms with Gasteiger partial charge in [-0.15, -0.1) is 0 Å². The van der Waals surface area contributed by atoms with Crippen molar-refractivity contribution < 1.29 is 14.3 Å². The Morgan fingerprint density at radius 2 is 1.84 bits per heavy atom. The van der Waals surface area contributed by atoms with Gasteiger partial charge < -0.3 is 15.4 Å². The first-order valence-electron chi connectivity index (χ1n) is 7.57. The van der Waals surface area contributed by atoms with Crippen molar-refractivity contribution in [3.63, 3.8) is 0 Å². The number of benzene rings is 2. The highest BCUT2D eigenvalue weighted by Crippen LogP contribution is 2.21. The third-order valence-corrected chi connectivity index (χ3v) is 4.13. The van der Waals surface area contributed by atoms with E-state index in [4.69, 9.17) is 16.3 Å². The van der Waals surface area contributed by atoms with Gasteiger partial charge in [-0.2, -0.15) is 0 Å². The maximum atomic E-state index is 11.9. The van der Waals surface area contributed by atoms with Crippen LogP contribution in [0.3, 0.4) is 0 Å². The number of hydrogen-bond acceptors (Lipinski definition) is 3. The number of carbonyl (C=O) groups is 2. The Hall–Kier alpha value is -2.05. The number of aryl methyl sites for hydroxylation is 2. The van der Waals surface area contributed by atoms with Crippen LogP contribution in [0, 0.1) is 13.8 Å². The van der Waals surface area contributed by atoms with Crippen LogP contribution in [-0.2, 0) is 9.59 Å². The monoisotopic (exact) mass is 424 g/mol. The molecule has 7 heteroatoms. The third kappa shape index (κ3) is 6.07. The van der Waals surface area contributed by atoms with E-state index in [2.05, 4.69) is 26.6 Å². The molecule has 132 valence electrons. The predicted molar refractivity (Wildman–Crippen MR) is 102 cm³/mol. The zero-order valence-electron chi connectivity index (χ0n) is 13.9. The standard InChI is InChI=1S/C18H18BrClN2O3/c1-11-7-13(19)3-5-15(11)22-17(23)9-21-18(24)10-25-16-6-4-14(20)8-12(16)2/h3-8H,9-10H2,1-2H3,(H,21,24)(H,22,23). The highest BCUT2D eigenvalue weighted by molar-refractivity contribution is 9.10. The van der Waals surface area contributed by atoms with E-state index >= 15 is 0 Å². The number of ether oxygens (including phenoxy) is 1. The van der Waals surface area contributed by atoms with Gasteiger partial charge in [0.05, 0.1) is 6.54 Å². The number of carbonyl (C=O) groups excluding carboxylic acids is 2. The maximum absolute atomic E-state index is 11.9. The van der Waals surface area contributed by atoms with Crippen molar-refractivity contribution in [2.45, 2.75) is 13.8 Å². The van der Waals surface area contributed by atoms with Gasteiger partial charge in [0.1, 0.15) is 5.75 Å². The molecule has 2 amide bonds. The average molecular weight is 426 g/mol. The molecule has 2 aromatic carbocycles. The molecule has 0 saturated carbocycles. The number of rotatable bonds is 6. The molecule has 0 heterocycles. The lowest BCUT2D eigenvalue weighted by atomic mass is 10.2. The molecule has 2 aromatic rings. The van der Waals surface area contributed by atoms with E-state index in [1.165, 1.54) is 0 Å². The molecule has 0 bridgehead atoms. The summed E-state index contributed by atoms with van der Waals surface area (Å²) in [5.41, 5.74) is 2.47. The lowest BCUT2D eigenvalue weighted by Crippen LogP contribution is -2.35. The van der Waals surface area contributed by atoms with E-state index in [0.29, 0.717) is 16.5 Å². The molecule has 5 nitrogen and oxygen atoms in total. The number of amides is 2. The summed E-state index contributed by atoms with van der Waals surface area (Å²) in [4.78, 5) is 23.7. The van der Waals surface area contributed by atoms with Crippen molar-refractivity contribution in [2.75, 3.05) is 18.5 Å². The Bertz CT molecular complexity index is 796. The quantitative estimate of drug-likeness (QED) is 0.738. The van der Waals surface area contributed by atoms with Gasteiger partial charge in [0.25, 0.3) is 5.91 Å². The van der Waals surface area contributed by atoms with Crippen molar-refractivity contribution in [3.8, 4) is 5.75 Å². The minimum atomic E-state index is -0.378. The summed E-state index contributed by atoms with van der Waals surface area (Å²) >= 11 is 9.24. The molecule has 25 heavy (non-hydrogen) atoms. The number of nitrogens with one attached hydrogen (secondary N) is 2. The van der Waals surface area contributed by atoms with Crippen LogP contribution in [0.1, 0.15) is 11.1 Å². The molecule has 0 radical (unpaired) electrons. The second-order valence-corrected chi connectivity index (χ2v) is 6.83. The lowest BCUT2D eigenvalue weighted by Gasteiger charge is -2.11. The summed E-state index contributed by atoms with van der Waals surface area (Å²) in [6, 6.07) is 10.7. The van der Waals surface area contributed by atoms with E-state index in [9.17, 15) is 9.59 Å². The molecule has 2 N–H and O–H groups in total. The van der Waals surface area contributed by atoms with E-state index in [-0.39, 0.29) is 25.0 Å². The largest absolute Gasteiger partial charge is 0.484 e. The molecule has 0 aliphatic carbocycles. The Labute approximate surface area is 159 Å². The van der Waals surface area contributed by atoms with Gasteiger partial charge >= 0.3 is 0 Å². The first-order chi connectivity index (χ1) is 11.8. The zero-order chi connectivity index (χ0) is 18.4. The second-order valence-electron chi connectivity index (χ2n) is 5.48. The minimum absolute atomic E-state index is 0.128. The topological polar surface area (TPSA) is 67.4 Å². The average Bonchev–Trinajstić information content (AvgIpc) is 2.55. The van der Waals surface area contributed by atoms with Gasteiger partial charge in [0, 0.05) is 15.2 Å². The molecule has 0 saturated heterocycles. The zero-order valence-corrected chi connectivity index (χ0v) is 16.2. The summed E-state index contributed by atoms with van der Waals surface area (Å²) in [6.45, 7) is 3.43. The highest BCUT2D eigenvalue weighted by Gasteiger charge is 2.09. The normalized spacial score (nSPS) is 10.2.